The van der Waals surface area contributed by atoms with Crippen LogP contribution in [0.25, 0.3) is 0 Å². The maximum atomic E-state index is 11.1. The van der Waals surface area contributed by atoms with E-state index < -0.39 is 24.7 Å². The molecule has 0 aromatic heterocycles. The van der Waals surface area contributed by atoms with Gasteiger partial charge in [0, 0.05) is 5.56 Å². The second-order valence-corrected chi connectivity index (χ2v) is 3.29. The summed E-state index contributed by atoms with van der Waals surface area (Å²) in [5, 5.41) is 27.4. The molecule has 1 rings (SSSR count). The zero-order chi connectivity index (χ0) is 12.1. The quantitative estimate of drug-likeness (QED) is 0.248. The summed E-state index contributed by atoms with van der Waals surface area (Å²) in [4.78, 5) is 11.1. The third-order valence-corrected chi connectivity index (χ3v) is 2.20. The maximum Gasteiger partial charge on any atom is 0.265 e. The first-order valence-corrected chi connectivity index (χ1v) is 4.68. The summed E-state index contributed by atoms with van der Waals surface area (Å²) in [7, 11) is 0. The lowest BCUT2D eigenvalue weighted by molar-refractivity contribution is -0.0152. The molecule has 0 bridgehead atoms. The van der Waals surface area contributed by atoms with E-state index in [1.807, 2.05) is 5.43 Å². The van der Waals surface area contributed by atoms with Crippen LogP contribution in [0.2, 0.25) is 0 Å². The van der Waals surface area contributed by atoms with Crippen LogP contribution in [0.1, 0.15) is 22.0 Å². The van der Waals surface area contributed by atoms with Crippen LogP contribution in [0.15, 0.2) is 24.3 Å². The number of carbonyl (C=O) groups excluding carboxylic acids is 1. The molecule has 0 spiro atoms. The molecule has 0 aliphatic carbocycles. The fraction of sp³-hybridized carbons (Fsp3) is 0.300. The molecule has 2 atom stereocenters. The molecule has 16 heavy (non-hydrogen) atoms. The van der Waals surface area contributed by atoms with E-state index in [4.69, 9.17) is 10.9 Å². The molecule has 0 fully saturated rings. The highest BCUT2D eigenvalue weighted by Crippen LogP contribution is 2.17. The van der Waals surface area contributed by atoms with Crippen molar-refractivity contribution in [1.29, 1.82) is 0 Å². The SMILES string of the molecule is NNC(=O)c1ccc(C(O)C(O)CO)cc1. The smallest absolute Gasteiger partial charge is 0.265 e. The highest BCUT2D eigenvalue weighted by Gasteiger charge is 2.17. The lowest BCUT2D eigenvalue weighted by Gasteiger charge is -2.15. The Balaban J connectivity index is 2.82. The number of nitrogens with two attached hydrogens (primary N) is 1. The number of hydrogen-bond donors (Lipinski definition) is 5. The van der Waals surface area contributed by atoms with Crippen molar-refractivity contribution in [2.75, 3.05) is 6.61 Å². The van der Waals surface area contributed by atoms with Gasteiger partial charge in [0.25, 0.3) is 5.91 Å². The van der Waals surface area contributed by atoms with E-state index in [0.29, 0.717) is 11.1 Å². The Kier molecular flexibility index (Phi) is 4.39. The lowest BCUT2D eigenvalue weighted by atomic mass is 10.0. The fourth-order valence-electron chi connectivity index (χ4n) is 1.24. The van der Waals surface area contributed by atoms with Crippen LogP contribution in [-0.2, 0) is 0 Å². The maximum absolute atomic E-state index is 11.1. The first-order chi connectivity index (χ1) is 7.60. The Bertz CT molecular complexity index is 352. The van der Waals surface area contributed by atoms with Crippen LogP contribution >= 0.6 is 0 Å². The minimum atomic E-state index is -1.24. The van der Waals surface area contributed by atoms with Gasteiger partial charge in [-0.1, -0.05) is 12.1 Å². The summed E-state index contributed by atoms with van der Waals surface area (Å²) in [6, 6.07) is 5.89. The van der Waals surface area contributed by atoms with Crippen molar-refractivity contribution in [3.05, 3.63) is 35.4 Å². The molecule has 1 amide bonds. The number of rotatable bonds is 4. The number of nitrogen functional groups attached to an aromatic ring is 1. The largest absolute Gasteiger partial charge is 0.394 e. The molecule has 6 heteroatoms. The number of carbonyl (C=O) groups is 1. The van der Waals surface area contributed by atoms with Gasteiger partial charge < -0.3 is 15.3 Å². The van der Waals surface area contributed by atoms with Crippen molar-refractivity contribution in [1.82, 2.24) is 5.43 Å². The van der Waals surface area contributed by atoms with Crippen LogP contribution < -0.4 is 11.3 Å². The summed E-state index contributed by atoms with van der Waals surface area (Å²) in [5.41, 5.74) is 2.73. The normalized spacial score (nSPS) is 14.2. The van der Waals surface area contributed by atoms with Gasteiger partial charge in [-0.25, -0.2) is 5.84 Å². The van der Waals surface area contributed by atoms with Gasteiger partial charge in [0.15, 0.2) is 0 Å². The van der Waals surface area contributed by atoms with E-state index in [9.17, 15) is 15.0 Å². The summed E-state index contributed by atoms with van der Waals surface area (Å²) in [6.07, 6.45) is -2.42. The molecular formula is C10H14N2O4. The molecule has 1 aromatic carbocycles. The van der Waals surface area contributed by atoms with Crippen LogP contribution in [0.4, 0.5) is 0 Å². The first-order valence-electron chi connectivity index (χ1n) is 4.68. The molecule has 0 heterocycles. The number of benzene rings is 1. The minimum Gasteiger partial charge on any atom is -0.394 e. The molecule has 88 valence electrons. The Morgan fingerprint density at radius 2 is 1.88 bits per heavy atom. The number of aliphatic hydroxyl groups is 3. The predicted molar refractivity (Wildman–Crippen MR) is 56.1 cm³/mol. The van der Waals surface area contributed by atoms with Gasteiger partial charge in [0.1, 0.15) is 12.2 Å². The highest BCUT2D eigenvalue weighted by molar-refractivity contribution is 5.93. The van der Waals surface area contributed by atoms with E-state index in [2.05, 4.69) is 0 Å². The molecule has 0 aliphatic rings. The molecule has 0 radical (unpaired) electrons. The van der Waals surface area contributed by atoms with E-state index >= 15 is 0 Å². The number of amides is 1. The minimum absolute atomic E-state index is 0.344. The lowest BCUT2D eigenvalue weighted by Crippen LogP contribution is -2.30. The van der Waals surface area contributed by atoms with Gasteiger partial charge >= 0.3 is 0 Å². The second kappa shape index (κ2) is 5.57. The monoisotopic (exact) mass is 226 g/mol. The van der Waals surface area contributed by atoms with Crippen LogP contribution in [0, 0.1) is 0 Å². The molecular weight excluding hydrogens is 212 g/mol. The second-order valence-electron chi connectivity index (χ2n) is 3.29. The molecule has 0 aliphatic heterocycles. The Labute approximate surface area is 92.3 Å². The van der Waals surface area contributed by atoms with Crippen molar-refractivity contribution in [3.8, 4) is 0 Å². The van der Waals surface area contributed by atoms with Gasteiger partial charge in [0.05, 0.1) is 6.61 Å². The van der Waals surface area contributed by atoms with Crippen LogP contribution in [0.3, 0.4) is 0 Å². The standard InChI is InChI=1S/C10H14N2O4/c11-12-10(16)7-3-1-6(2-4-7)9(15)8(14)5-13/h1-4,8-9,13-15H,5,11H2,(H,12,16). The van der Waals surface area contributed by atoms with E-state index in [0.717, 1.165) is 0 Å². The van der Waals surface area contributed by atoms with Crippen molar-refractivity contribution in [3.63, 3.8) is 0 Å². The average molecular weight is 226 g/mol. The third kappa shape index (κ3) is 2.77. The zero-order valence-corrected chi connectivity index (χ0v) is 8.50. The number of aliphatic hydroxyl groups excluding tert-OH is 3. The third-order valence-electron chi connectivity index (χ3n) is 2.20. The predicted octanol–water partition coefficient (Wildman–Crippen LogP) is -1.32. The van der Waals surface area contributed by atoms with Gasteiger partial charge in [-0.3, -0.25) is 10.2 Å². The van der Waals surface area contributed by atoms with E-state index in [1.54, 1.807) is 0 Å². The molecule has 0 saturated carbocycles. The number of hydrazine groups is 1. The number of hydrogen-bond acceptors (Lipinski definition) is 5. The van der Waals surface area contributed by atoms with Gasteiger partial charge in [-0.15, -0.1) is 0 Å². The first kappa shape index (κ1) is 12.6. The fourth-order valence-corrected chi connectivity index (χ4v) is 1.24. The molecule has 1 aromatic rings. The zero-order valence-electron chi connectivity index (χ0n) is 8.50. The van der Waals surface area contributed by atoms with Crippen molar-refractivity contribution in [2.45, 2.75) is 12.2 Å². The van der Waals surface area contributed by atoms with Crippen LogP contribution in [-0.4, -0.2) is 33.9 Å². The van der Waals surface area contributed by atoms with Crippen molar-refractivity contribution >= 4 is 5.91 Å². The Hall–Kier alpha value is -1.47. The molecule has 2 unspecified atom stereocenters. The van der Waals surface area contributed by atoms with Gasteiger partial charge in [-0.05, 0) is 17.7 Å². The van der Waals surface area contributed by atoms with Gasteiger partial charge in [0.2, 0.25) is 0 Å². The molecule has 6 nitrogen and oxygen atoms in total. The van der Waals surface area contributed by atoms with E-state index in [1.165, 1.54) is 24.3 Å². The summed E-state index contributed by atoms with van der Waals surface area (Å²) in [6.45, 7) is -0.536. The summed E-state index contributed by atoms with van der Waals surface area (Å²) in [5.74, 6) is 4.51. The Morgan fingerprint density at radius 3 is 2.31 bits per heavy atom. The molecule has 6 N–H and O–H groups in total. The van der Waals surface area contributed by atoms with Crippen LogP contribution in [0.5, 0.6) is 0 Å². The number of nitrogens with one attached hydrogen (secondary N) is 1. The Morgan fingerprint density at radius 1 is 1.31 bits per heavy atom. The van der Waals surface area contributed by atoms with Gasteiger partial charge in [-0.2, -0.15) is 0 Å². The average Bonchev–Trinajstić information content (AvgIpc) is 2.36. The molecule has 0 saturated heterocycles. The highest BCUT2D eigenvalue weighted by atomic mass is 16.4. The topological polar surface area (TPSA) is 116 Å². The van der Waals surface area contributed by atoms with E-state index in [-0.39, 0.29) is 0 Å². The van der Waals surface area contributed by atoms with Crippen molar-refractivity contribution in [2.24, 2.45) is 5.84 Å². The van der Waals surface area contributed by atoms with Crippen molar-refractivity contribution < 1.29 is 20.1 Å². The summed E-state index contributed by atoms with van der Waals surface area (Å²) < 4.78 is 0. The summed E-state index contributed by atoms with van der Waals surface area (Å²) >= 11 is 0.